The first-order chi connectivity index (χ1) is 16.0. The van der Waals surface area contributed by atoms with Crippen molar-refractivity contribution in [3.63, 3.8) is 0 Å². The number of alkyl halides is 3. The number of aliphatic carboxylic acids is 1. The van der Waals surface area contributed by atoms with Gasteiger partial charge in [-0.05, 0) is 68.1 Å². The summed E-state index contributed by atoms with van der Waals surface area (Å²) >= 11 is 0. The largest absolute Gasteiger partial charge is 0.496 e. The van der Waals surface area contributed by atoms with Gasteiger partial charge in [0.1, 0.15) is 5.75 Å². The van der Waals surface area contributed by atoms with Crippen LogP contribution in [-0.4, -0.2) is 54.0 Å². The number of benzene rings is 2. The lowest BCUT2D eigenvalue weighted by Crippen LogP contribution is -2.38. The van der Waals surface area contributed by atoms with Crippen LogP contribution < -0.4 is 15.4 Å². The summed E-state index contributed by atoms with van der Waals surface area (Å²) in [6.07, 6.45) is 1.51. The van der Waals surface area contributed by atoms with Crippen LogP contribution in [0, 0.1) is 0 Å². The molecular weight excluding hydrogens is 469 g/mol. The van der Waals surface area contributed by atoms with Gasteiger partial charge in [-0.3, -0.25) is 4.21 Å². The van der Waals surface area contributed by atoms with Gasteiger partial charge in [-0.2, -0.15) is 13.2 Å². The summed E-state index contributed by atoms with van der Waals surface area (Å²) < 4.78 is 48.9. The Morgan fingerprint density at radius 2 is 1.59 bits per heavy atom. The third-order valence-corrected chi connectivity index (χ3v) is 6.70. The maximum Gasteiger partial charge on any atom is 0.490 e. The molecule has 2 aromatic rings. The molecular formula is C24H31F3N2O4S. The Bertz CT molecular complexity index is 960. The lowest BCUT2D eigenvalue weighted by Gasteiger charge is -2.29. The summed E-state index contributed by atoms with van der Waals surface area (Å²) in [5.41, 5.74) is 3.46. The Labute approximate surface area is 200 Å². The second-order valence-corrected chi connectivity index (χ2v) is 9.41. The van der Waals surface area contributed by atoms with Crippen LogP contribution in [0.1, 0.15) is 31.2 Å². The van der Waals surface area contributed by atoms with Gasteiger partial charge >= 0.3 is 12.1 Å². The van der Waals surface area contributed by atoms with E-state index in [1.54, 1.807) is 13.4 Å². The Kier molecular flexibility index (Phi) is 10.5. The van der Waals surface area contributed by atoms with Crippen LogP contribution in [-0.2, 0) is 22.1 Å². The number of halogens is 3. The number of rotatable bonds is 7. The number of nitrogens with one attached hydrogen (secondary N) is 2. The summed E-state index contributed by atoms with van der Waals surface area (Å²) in [4.78, 5) is 9.75. The van der Waals surface area contributed by atoms with Gasteiger partial charge in [0.2, 0.25) is 0 Å². The first-order valence-corrected chi connectivity index (χ1v) is 12.4. The molecule has 0 bridgehead atoms. The standard InChI is InChI=1S/C22H30N2O2S.C2HF3O2/c1-23-19-7-9-20(10-8-19)24-15-18-14-17(6-13-22(18)26-2)16-4-11-21(12-5-16)27(3)25;3-2(4,5)1(6)7/h4-6,11-14,19-20,23-24H,7-10,15H2,1-3H3;(H,6,7). The molecule has 2 aromatic carbocycles. The number of hydrogen-bond acceptors (Lipinski definition) is 5. The Morgan fingerprint density at radius 1 is 1.06 bits per heavy atom. The summed E-state index contributed by atoms with van der Waals surface area (Å²) in [6, 6.07) is 15.5. The summed E-state index contributed by atoms with van der Waals surface area (Å²) in [6.45, 7) is 0.808. The van der Waals surface area contributed by atoms with Gasteiger partial charge in [0.15, 0.2) is 0 Å². The molecule has 1 aliphatic rings. The van der Waals surface area contributed by atoms with Crippen LogP contribution in [0.4, 0.5) is 13.2 Å². The van der Waals surface area contributed by atoms with E-state index in [-0.39, 0.29) is 0 Å². The Morgan fingerprint density at radius 3 is 2.06 bits per heavy atom. The SMILES string of the molecule is CNC1CCC(NCc2cc(-c3ccc(S(C)=O)cc3)ccc2OC)CC1.O=C(O)C(F)(F)F. The fraction of sp³-hybridized carbons (Fsp3) is 0.458. The minimum absolute atomic E-state index is 0.571. The van der Waals surface area contributed by atoms with Gasteiger partial charge in [-0.1, -0.05) is 18.2 Å². The van der Waals surface area contributed by atoms with Crippen LogP contribution in [0.15, 0.2) is 47.4 Å². The number of carbonyl (C=O) groups is 1. The second kappa shape index (κ2) is 12.9. The van der Waals surface area contributed by atoms with Crippen LogP contribution in [0.2, 0.25) is 0 Å². The molecule has 188 valence electrons. The van der Waals surface area contributed by atoms with Crippen LogP contribution in [0.25, 0.3) is 11.1 Å². The van der Waals surface area contributed by atoms with E-state index < -0.39 is 22.9 Å². The second-order valence-electron chi connectivity index (χ2n) is 8.03. The predicted octanol–water partition coefficient (Wildman–Crippen LogP) is 4.35. The van der Waals surface area contributed by atoms with E-state index in [2.05, 4.69) is 29.8 Å². The van der Waals surface area contributed by atoms with Crippen molar-refractivity contribution in [3.8, 4) is 16.9 Å². The van der Waals surface area contributed by atoms with Crippen molar-refractivity contribution in [2.75, 3.05) is 20.4 Å². The van der Waals surface area contributed by atoms with Gasteiger partial charge in [0, 0.05) is 46.1 Å². The number of carboxylic acids is 1. The van der Waals surface area contributed by atoms with Crippen molar-refractivity contribution in [2.45, 2.75) is 55.4 Å². The highest BCUT2D eigenvalue weighted by atomic mass is 32.2. The van der Waals surface area contributed by atoms with Crippen LogP contribution in [0.3, 0.4) is 0 Å². The van der Waals surface area contributed by atoms with Crippen molar-refractivity contribution < 1.29 is 32.0 Å². The van der Waals surface area contributed by atoms with Gasteiger partial charge in [0.05, 0.1) is 7.11 Å². The van der Waals surface area contributed by atoms with Crippen molar-refractivity contribution in [1.82, 2.24) is 10.6 Å². The first kappa shape index (κ1) is 27.8. The van der Waals surface area contributed by atoms with E-state index in [0.717, 1.165) is 28.3 Å². The predicted molar refractivity (Wildman–Crippen MR) is 126 cm³/mol. The number of carboxylic acid groups (broad SMARTS) is 1. The fourth-order valence-corrected chi connectivity index (χ4v) is 4.30. The third kappa shape index (κ3) is 8.41. The molecule has 1 unspecified atom stereocenters. The van der Waals surface area contributed by atoms with E-state index in [0.29, 0.717) is 12.1 Å². The molecule has 34 heavy (non-hydrogen) atoms. The molecule has 0 aliphatic heterocycles. The lowest BCUT2D eigenvalue weighted by molar-refractivity contribution is -0.192. The van der Waals surface area contributed by atoms with Crippen molar-refractivity contribution in [1.29, 1.82) is 0 Å². The molecule has 1 aliphatic carbocycles. The molecule has 0 aromatic heterocycles. The highest BCUT2D eigenvalue weighted by Crippen LogP contribution is 2.28. The molecule has 0 heterocycles. The molecule has 0 spiro atoms. The maximum atomic E-state index is 11.6. The minimum atomic E-state index is -5.08. The molecule has 3 N–H and O–H groups in total. The van der Waals surface area contributed by atoms with E-state index in [9.17, 15) is 17.4 Å². The lowest BCUT2D eigenvalue weighted by atomic mass is 9.91. The smallest absolute Gasteiger partial charge is 0.490 e. The monoisotopic (exact) mass is 500 g/mol. The molecule has 10 heteroatoms. The van der Waals surface area contributed by atoms with Crippen molar-refractivity contribution in [2.24, 2.45) is 0 Å². The highest BCUT2D eigenvalue weighted by Gasteiger charge is 2.38. The van der Waals surface area contributed by atoms with E-state index in [1.165, 1.54) is 31.2 Å². The van der Waals surface area contributed by atoms with Gasteiger partial charge < -0.3 is 20.5 Å². The Balaban J connectivity index is 0.000000509. The molecule has 0 saturated heterocycles. The minimum Gasteiger partial charge on any atom is -0.496 e. The number of methoxy groups -OCH3 is 1. The number of ether oxygens (including phenoxy) is 1. The number of hydrogen-bond donors (Lipinski definition) is 3. The van der Waals surface area contributed by atoms with Gasteiger partial charge in [-0.25, -0.2) is 4.79 Å². The average molecular weight is 501 g/mol. The highest BCUT2D eigenvalue weighted by molar-refractivity contribution is 7.84. The quantitative estimate of drug-likeness (QED) is 0.524. The van der Waals surface area contributed by atoms with E-state index in [4.69, 9.17) is 14.6 Å². The topological polar surface area (TPSA) is 87.7 Å². The Hall–Kier alpha value is -2.43. The molecule has 6 nitrogen and oxygen atoms in total. The zero-order chi connectivity index (χ0) is 25.3. The third-order valence-electron chi connectivity index (χ3n) is 5.76. The zero-order valence-corrected chi connectivity index (χ0v) is 20.3. The molecule has 3 rings (SSSR count). The fourth-order valence-electron chi connectivity index (χ4n) is 3.78. The normalized spacial score (nSPS) is 19.0. The summed E-state index contributed by atoms with van der Waals surface area (Å²) in [5, 5.41) is 14.2. The van der Waals surface area contributed by atoms with Crippen LogP contribution in [0.5, 0.6) is 5.75 Å². The van der Waals surface area contributed by atoms with Gasteiger partial charge in [-0.15, -0.1) is 0 Å². The summed E-state index contributed by atoms with van der Waals surface area (Å²) in [5.74, 6) is -1.84. The van der Waals surface area contributed by atoms with E-state index in [1.807, 2.05) is 30.3 Å². The molecule has 1 fully saturated rings. The molecule has 0 radical (unpaired) electrons. The van der Waals surface area contributed by atoms with Crippen LogP contribution >= 0.6 is 0 Å². The zero-order valence-electron chi connectivity index (χ0n) is 19.4. The molecule has 0 amide bonds. The average Bonchev–Trinajstić information content (AvgIpc) is 2.82. The molecule has 1 atom stereocenters. The summed E-state index contributed by atoms with van der Waals surface area (Å²) in [7, 11) is 2.83. The van der Waals surface area contributed by atoms with Crippen molar-refractivity contribution in [3.05, 3.63) is 48.0 Å². The van der Waals surface area contributed by atoms with E-state index >= 15 is 0 Å². The van der Waals surface area contributed by atoms with Crippen molar-refractivity contribution >= 4 is 16.8 Å². The molecule has 1 saturated carbocycles. The first-order valence-electron chi connectivity index (χ1n) is 10.9. The van der Waals surface area contributed by atoms with Gasteiger partial charge in [0.25, 0.3) is 0 Å². The maximum absolute atomic E-state index is 11.6.